The third-order valence-electron chi connectivity index (χ3n) is 2.78. The Balaban J connectivity index is 0.00000200. The third-order valence-corrected chi connectivity index (χ3v) is 3.72. The van der Waals surface area contributed by atoms with Gasteiger partial charge in [-0.1, -0.05) is 18.3 Å². The van der Waals surface area contributed by atoms with Crippen LogP contribution in [-0.4, -0.2) is 31.6 Å². The Morgan fingerprint density at radius 2 is 2.25 bits per heavy atom. The third kappa shape index (κ3) is 3.82. The fourth-order valence-corrected chi connectivity index (χ4v) is 2.61. The molecule has 0 spiro atoms. The molecule has 0 saturated heterocycles. The number of methoxy groups -OCH3 is 1. The van der Waals surface area contributed by atoms with Crippen LogP contribution in [0.3, 0.4) is 0 Å². The van der Waals surface area contributed by atoms with Crippen molar-refractivity contribution >= 4 is 45.0 Å². The summed E-state index contributed by atoms with van der Waals surface area (Å²) in [4.78, 5) is 16.3. The molecule has 1 atom stereocenters. The maximum atomic E-state index is 11.9. The number of anilines is 1. The molecule has 2 aromatic rings. The molecule has 0 radical (unpaired) electrons. The van der Waals surface area contributed by atoms with Crippen LogP contribution in [0.15, 0.2) is 18.2 Å². The van der Waals surface area contributed by atoms with Crippen LogP contribution >= 0.6 is 23.7 Å². The average Bonchev–Trinajstić information content (AvgIpc) is 2.79. The van der Waals surface area contributed by atoms with E-state index in [9.17, 15) is 4.79 Å². The van der Waals surface area contributed by atoms with Crippen LogP contribution in [0.5, 0.6) is 5.75 Å². The molecule has 1 aromatic heterocycles. The number of thiazole rings is 1. The first-order valence-corrected chi connectivity index (χ1v) is 6.85. The van der Waals surface area contributed by atoms with Crippen molar-refractivity contribution in [3.05, 3.63) is 18.2 Å². The lowest BCUT2D eigenvalue weighted by molar-refractivity contribution is -0.119. The molecule has 0 saturated carbocycles. The van der Waals surface area contributed by atoms with Gasteiger partial charge in [-0.3, -0.25) is 4.79 Å². The lowest BCUT2D eigenvalue weighted by Gasteiger charge is -2.08. The van der Waals surface area contributed by atoms with E-state index in [0.29, 0.717) is 11.7 Å². The second-order valence-electron chi connectivity index (χ2n) is 4.30. The molecule has 0 aliphatic rings. The topological polar surface area (TPSA) is 63.2 Å². The van der Waals surface area contributed by atoms with Crippen molar-refractivity contribution in [1.29, 1.82) is 0 Å². The van der Waals surface area contributed by atoms with E-state index >= 15 is 0 Å². The number of carbonyl (C=O) groups excluding carboxylic acids is 1. The molecule has 1 aromatic carbocycles. The zero-order valence-electron chi connectivity index (χ0n) is 11.6. The van der Waals surface area contributed by atoms with Crippen molar-refractivity contribution < 1.29 is 9.53 Å². The Labute approximate surface area is 128 Å². The lowest BCUT2D eigenvalue weighted by atomic mass is 10.2. The van der Waals surface area contributed by atoms with Crippen LogP contribution in [0, 0.1) is 5.92 Å². The SMILES string of the molecule is CNCC(C)C(=O)Nc1nc2ccc(OC)cc2s1.Cl. The van der Waals surface area contributed by atoms with Gasteiger partial charge in [0.1, 0.15) is 5.75 Å². The van der Waals surface area contributed by atoms with E-state index < -0.39 is 0 Å². The fraction of sp³-hybridized carbons (Fsp3) is 0.385. The molecule has 110 valence electrons. The summed E-state index contributed by atoms with van der Waals surface area (Å²) in [5, 5.41) is 6.44. The first kappa shape index (κ1) is 16.7. The Bertz CT molecular complexity index is 588. The standard InChI is InChI=1S/C13H17N3O2S.ClH/c1-8(7-14-2)12(17)16-13-15-10-5-4-9(18-3)6-11(10)19-13;/h4-6,8,14H,7H2,1-3H3,(H,15,16,17);1H. The van der Waals surface area contributed by atoms with Crippen LogP contribution in [0.2, 0.25) is 0 Å². The molecule has 7 heteroatoms. The molecular formula is C13H18ClN3O2S. The van der Waals surface area contributed by atoms with Crippen molar-refractivity contribution in [3.8, 4) is 5.75 Å². The summed E-state index contributed by atoms with van der Waals surface area (Å²) in [5.74, 6) is 0.671. The maximum Gasteiger partial charge on any atom is 0.230 e. The monoisotopic (exact) mass is 315 g/mol. The zero-order valence-corrected chi connectivity index (χ0v) is 13.2. The molecule has 0 aliphatic carbocycles. The molecule has 0 bridgehead atoms. The molecule has 1 heterocycles. The Morgan fingerprint density at radius 3 is 2.90 bits per heavy atom. The number of hydrogen-bond acceptors (Lipinski definition) is 5. The predicted molar refractivity (Wildman–Crippen MR) is 85.1 cm³/mol. The minimum Gasteiger partial charge on any atom is -0.497 e. The molecule has 2 rings (SSSR count). The van der Waals surface area contributed by atoms with E-state index in [0.717, 1.165) is 16.0 Å². The number of rotatable bonds is 5. The highest BCUT2D eigenvalue weighted by Gasteiger charge is 2.14. The van der Waals surface area contributed by atoms with Gasteiger partial charge < -0.3 is 15.4 Å². The minimum atomic E-state index is -0.0912. The molecule has 0 aliphatic heterocycles. The van der Waals surface area contributed by atoms with Crippen LogP contribution in [-0.2, 0) is 4.79 Å². The second kappa shape index (κ2) is 7.42. The molecule has 20 heavy (non-hydrogen) atoms. The maximum absolute atomic E-state index is 11.9. The van der Waals surface area contributed by atoms with Crippen molar-refractivity contribution in [1.82, 2.24) is 10.3 Å². The number of ether oxygens (including phenoxy) is 1. The number of fused-ring (bicyclic) bond motifs is 1. The summed E-state index contributed by atoms with van der Waals surface area (Å²) in [5.41, 5.74) is 0.863. The number of nitrogens with one attached hydrogen (secondary N) is 2. The fourth-order valence-electron chi connectivity index (χ4n) is 1.71. The highest BCUT2D eigenvalue weighted by atomic mass is 35.5. The summed E-state index contributed by atoms with van der Waals surface area (Å²) in [7, 11) is 3.46. The van der Waals surface area contributed by atoms with Gasteiger partial charge in [0.25, 0.3) is 0 Å². The normalized spacial score (nSPS) is 11.8. The van der Waals surface area contributed by atoms with E-state index in [1.165, 1.54) is 11.3 Å². The molecule has 1 unspecified atom stereocenters. The van der Waals surface area contributed by atoms with E-state index in [1.54, 1.807) is 7.11 Å². The van der Waals surface area contributed by atoms with Crippen molar-refractivity contribution in [2.24, 2.45) is 5.92 Å². The number of nitrogens with zero attached hydrogens (tertiary/aromatic N) is 1. The molecule has 2 N–H and O–H groups in total. The van der Waals surface area contributed by atoms with Crippen molar-refractivity contribution in [3.63, 3.8) is 0 Å². The molecule has 0 fully saturated rings. The van der Waals surface area contributed by atoms with Crippen molar-refractivity contribution in [2.45, 2.75) is 6.92 Å². The first-order valence-electron chi connectivity index (χ1n) is 6.04. The van der Waals surface area contributed by atoms with E-state index in [2.05, 4.69) is 15.6 Å². The minimum absolute atomic E-state index is 0. The smallest absolute Gasteiger partial charge is 0.230 e. The number of carbonyl (C=O) groups is 1. The Kier molecular flexibility index (Phi) is 6.19. The van der Waals surface area contributed by atoms with Crippen LogP contribution in [0.1, 0.15) is 6.92 Å². The van der Waals surface area contributed by atoms with E-state index in [4.69, 9.17) is 4.74 Å². The van der Waals surface area contributed by atoms with Crippen LogP contribution in [0.25, 0.3) is 10.2 Å². The number of aromatic nitrogens is 1. The summed E-state index contributed by atoms with van der Waals surface area (Å²) in [6, 6.07) is 5.66. The quantitative estimate of drug-likeness (QED) is 0.890. The summed E-state index contributed by atoms with van der Waals surface area (Å²) in [6.07, 6.45) is 0. The van der Waals surface area contributed by atoms with Gasteiger partial charge in [0.15, 0.2) is 5.13 Å². The number of halogens is 1. The van der Waals surface area contributed by atoms with Crippen molar-refractivity contribution in [2.75, 3.05) is 26.0 Å². The molecule has 1 amide bonds. The highest BCUT2D eigenvalue weighted by molar-refractivity contribution is 7.22. The number of hydrogen-bond donors (Lipinski definition) is 2. The summed E-state index contributed by atoms with van der Waals surface area (Å²) < 4.78 is 6.16. The number of benzene rings is 1. The van der Waals surface area contributed by atoms with Gasteiger partial charge in [-0.15, -0.1) is 12.4 Å². The molecule has 5 nitrogen and oxygen atoms in total. The zero-order chi connectivity index (χ0) is 13.8. The van der Waals surface area contributed by atoms with Gasteiger partial charge in [0.05, 0.1) is 17.3 Å². The largest absolute Gasteiger partial charge is 0.497 e. The summed E-state index contributed by atoms with van der Waals surface area (Å²) in [6.45, 7) is 2.52. The van der Waals surface area contributed by atoms with Crippen LogP contribution < -0.4 is 15.4 Å². The van der Waals surface area contributed by atoms with Gasteiger partial charge in [-0.05, 0) is 25.2 Å². The van der Waals surface area contributed by atoms with Gasteiger partial charge in [-0.25, -0.2) is 4.98 Å². The van der Waals surface area contributed by atoms with Gasteiger partial charge in [0.2, 0.25) is 5.91 Å². The van der Waals surface area contributed by atoms with Crippen LogP contribution in [0.4, 0.5) is 5.13 Å². The Hall–Kier alpha value is -1.37. The predicted octanol–water partition coefficient (Wildman–Crippen LogP) is 2.52. The van der Waals surface area contributed by atoms with E-state index in [1.807, 2.05) is 32.2 Å². The lowest BCUT2D eigenvalue weighted by Crippen LogP contribution is -2.28. The van der Waals surface area contributed by atoms with Gasteiger partial charge in [-0.2, -0.15) is 0 Å². The first-order chi connectivity index (χ1) is 9.13. The summed E-state index contributed by atoms with van der Waals surface area (Å²) >= 11 is 1.45. The second-order valence-corrected chi connectivity index (χ2v) is 5.33. The number of amides is 1. The van der Waals surface area contributed by atoms with Gasteiger partial charge in [0, 0.05) is 12.5 Å². The molecular weight excluding hydrogens is 298 g/mol. The highest BCUT2D eigenvalue weighted by Crippen LogP contribution is 2.29. The van der Waals surface area contributed by atoms with E-state index in [-0.39, 0.29) is 24.2 Å². The van der Waals surface area contributed by atoms with Gasteiger partial charge >= 0.3 is 0 Å². The Morgan fingerprint density at radius 1 is 1.50 bits per heavy atom. The average molecular weight is 316 g/mol.